The van der Waals surface area contributed by atoms with Crippen LogP contribution in [0.4, 0.5) is 17.1 Å². The van der Waals surface area contributed by atoms with E-state index in [2.05, 4.69) is 10.6 Å². The van der Waals surface area contributed by atoms with E-state index in [9.17, 15) is 29.3 Å². The Morgan fingerprint density at radius 1 is 0.974 bits per heavy atom. The number of amides is 3. The fraction of sp³-hybridized carbons (Fsp3) is 0.154. The third kappa shape index (κ3) is 5.28. The number of methoxy groups -OCH3 is 1. The molecule has 0 saturated heterocycles. The molecule has 0 atom stereocenters. The molecule has 12 heteroatoms. The first kappa shape index (κ1) is 25.8. The minimum atomic E-state index is -1.21. The molecule has 0 radical (unpaired) electrons. The summed E-state index contributed by atoms with van der Waals surface area (Å²) < 4.78 is 5.07. The predicted octanol–water partition coefficient (Wildman–Crippen LogP) is 3.65. The zero-order valence-corrected chi connectivity index (χ0v) is 20.1. The third-order valence-electron chi connectivity index (χ3n) is 5.90. The van der Waals surface area contributed by atoms with Crippen LogP contribution in [0.5, 0.6) is 5.75 Å². The van der Waals surface area contributed by atoms with Crippen molar-refractivity contribution in [3.63, 3.8) is 0 Å². The number of carbonyl (C=O) groups excluding carboxylic acids is 3. The molecule has 3 amide bonds. The van der Waals surface area contributed by atoms with Crippen LogP contribution in [0.2, 0.25) is 0 Å². The standard InChI is InChI=1S/C26H22N4O8/c1-38-18-7-5-17(6-8-18)28-23(31)15-4-10-21(22(14-15)30(36)37)27-11-2-12-29-24(32)19-9-3-16(26(34)35)13-20(19)25(29)33/h3-10,13-14,27H,2,11-12H2,1H3,(H,28,31)(H,34,35). The lowest BCUT2D eigenvalue weighted by molar-refractivity contribution is -0.384. The second kappa shape index (κ2) is 10.8. The number of aromatic carboxylic acids is 1. The van der Waals surface area contributed by atoms with Crippen LogP contribution in [0.15, 0.2) is 60.7 Å². The van der Waals surface area contributed by atoms with Crippen LogP contribution < -0.4 is 15.4 Å². The number of rotatable bonds is 10. The van der Waals surface area contributed by atoms with Crippen molar-refractivity contribution < 1.29 is 33.9 Å². The van der Waals surface area contributed by atoms with Crippen molar-refractivity contribution in [3.05, 3.63) is 93.0 Å². The van der Waals surface area contributed by atoms with Crippen LogP contribution in [0, 0.1) is 10.1 Å². The summed E-state index contributed by atoms with van der Waals surface area (Å²) in [7, 11) is 1.52. The first-order chi connectivity index (χ1) is 18.2. The Bertz CT molecular complexity index is 1450. The number of hydrogen-bond acceptors (Lipinski definition) is 8. The molecule has 0 fully saturated rings. The molecule has 12 nitrogen and oxygen atoms in total. The summed E-state index contributed by atoms with van der Waals surface area (Å²) in [6.07, 6.45) is 0.272. The molecule has 0 saturated carbocycles. The molecule has 0 aliphatic carbocycles. The maximum Gasteiger partial charge on any atom is 0.335 e. The van der Waals surface area contributed by atoms with E-state index in [1.165, 1.54) is 37.4 Å². The quantitative estimate of drug-likeness (QED) is 0.157. The van der Waals surface area contributed by atoms with Gasteiger partial charge in [-0.1, -0.05) is 0 Å². The number of carboxylic acids is 1. The van der Waals surface area contributed by atoms with Gasteiger partial charge < -0.3 is 20.5 Å². The molecule has 4 rings (SSSR count). The summed E-state index contributed by atoms with van der Waals surface area (Å²) in [5.41, 5.74) is 0.507. The van der Waals surface area contributed by atoms with Gasteiger partial charge in [-0.25, -0.2) is 4.79 Å². The van der Waals surface area contributed by atoms with Crippen LogP contribution in [0.25, 0.3) is 0 Å². The molecule has 0 aromatic heterocycles. The van der Waals surface area contributed by atoms with E-state index >= 15 is 0 Å². The van der Waals surface area contributed by atoms with Gasteiger partial charge in [-0.15, -0.1) is 0 Å². The maximum atomic E-state index is 12.6. The fourth-order valence-electron chi connectivity index (χ4n) is 3.94. The smallest absolute Gasteiger partial charge is 0.335 e. The number of benzene rings is 3. The van der Waals surface area contributed by atoms with Gasteiger partial charge in [0.25, 0.3) is 23.4 Å². The van der Waals surface area contributed by atoms with Crippen LogP contribution in [-0.4, -0.2) is 58.8 Å². The molecule has 1 aliphatic heterocycles. The first-order valence-corrected chi connectivity index (χ1v) is 11.4. The van der Waals surface area contributed by atoms with E-state index in [-0.39, 0.29) is 53.1 Å². The van der Waals surface area contributed by atoms with Gasteiger partial charge in [0, 0.05) is 30.4 Å². The van der Waals surface area contributed by atoms with Gasteiger partial charge in [0.1, 0.15) is 11.4 Å². The summed E-state index contributed by atoms with van der Waals surface area (Å²) in [5, 5.41) is 26.3. The zero-order chi connectivity index (χ0) is 27.4. The Morgan fingerprint density at radius 3 is 2.32 bits per heavy atom. The maximum absolute atomic E-state index is 12.6. The van der Waals surface area contributed by atoms with Crippen molar-refractivity contribution in [2.75, 3.05) is 30.8 Å². The highest BCUT2D eigenvalue weighted by Crippen LogP contribution is 2.27. The van der Waals surface area contributed by atoms with Gasteiger partial charge >= 0.3 is 5.97 Å². The highest BCUT2D eigenvalue weighted by atomic mass is 16.6. The number of ether oxygens (including phenoxy) is 1. The van der Waals surface area contributed by atoms with E-state index in [1.54, 1.807) is 24.3 Å². The molecule has 38 heavy (non-hydrogen) atoms. The Morgan fingerprint density at radius 2 is 1.66 bits per heavy atom. The number of nitro groups is 1. The molecule has 0 bridgehead atoms. The van der Waals surface area contributed by atoms with Crippen molar-refractivity contribution >= 4 is 40.8 Å². The normalized spacial score (nSPS) is 12.2. The zero-order valence-electron chi connectivity index (χ0n) is 20.1. The number of imide groups is 1. The fourth-order valence-corrected chi connectivity index (χ4v) is 3.94. The number of fused-ring (bicyclic) bond motifs is 1. The second-order valence-corrected chi connectivity index (χ2v) is 8.28. The molecule has 0 unspecified atom stereocenters. The average molecular weight is 518 g/mol. The van der Waals surface area contributed by atoms with E-state index in [0.717, 1.165) is 11.0 Å². The largest absolute Gasteiger partial charge is 0.497 e. The Balaban J connectivity index is 1.37. The Labute approximate surface area is 216 Å². The topological polar surface area (TPSA) is 168 Å². The predicted molar refractivity (Wildman–Crippen MR) is 136 cm³/mol. The van der Waals surface area contributed by atoms with Gasteiger partial charge in [-0.3, -0.25) is 29.4 Å². The minimum absolute atomic E-state index is 0.0257. The number of nitrogens with zero attached hydrogens (tertiary/aromatic N) is 2. The van der Waals surface area contributed by atoms with E-state index in [1.807, 2.05) is 0 Å². The molecule has 1 heterocycles. The lowest BCUT2D eigenvalue weighted by atomic mass is 10.1. The molecule has 1 aliphatic rings. The summed E-state index contributed by atoms with van der Waals surface area (Å²) in [4.78, 5) is 61.0. The van der Waals surface area contributed by atoms with E-state index in [4.69, 9.17) is 9.84 Å². The molecule has 0 spiro atoms. The number of hydrogen-bond donors (Lipinski definition) is 3. The monoisotopic (exact) mass is 518 g/mol. The van der Waals surface area contributed by atoms with Crippen molar-refractivity contribution in [2.45, 2.75) is 6.42 Å². The summed E-state index contributed by atoms with van der Waals surface area (Å²) in [6.45, 7) is 0.212. The van der Waals surface area contributed by atoms with Crippen molar-refractivity contribution in [2.24, 2.45) is 0 Å². The van der Waals surface area contributed by atoms with Crippen LogP contribution in [0.3, 0.4) is 0 Å². The number of carboxylic acid groups (broad SMARTS) is 1. The number of carbonyl (C=O) groups is 4. The Kier molecular flexibility index (Phi) is 7.33. The molecule has 3 aromatic rings. The number of anilines is 2. The molecule has 194 valence electrons. The summed E-state index contributed by atoms with van der Waals surface area (Å²) in [5.74, 6) is -2.24. The second-order valence-electron chi connectivity index (χ2n) is 8.28. The average Bonchev–Trinajstić information content (AvgIpc) is 3.15. The highest BCUT2D eigenvalue weighted by molar-refractivity contribution is 6.21. The first-order valence-electron chi connectivity index (χ1n) is 11.4. The van der Waals surface area contributed by atoms with Crippen LogP contribution in [0.1, 0.15) is 47.9 Å². The van der Waals surface area contributed by atoms with E-state index < -0.39 is 28.6 Å². The summed E-state index contributed by atoms with van der Waals surface area (Å²) in [6, 6.07) is 14.4. The molecular weight excluding hydrogens is 496 g/mol. The van der Waals surface area contributed by atoms with Crippen molar-refractivity contribution in [1.29, 1.82) is 0 Å². The molecule has 3 aromatic carbocycles. The van der Waals surface area contributed by atoms with E-state index in [0.29, 0.717) is 11.4 Å². The number of nitrogens with one attached hydrogen (secondary N) is 2. The lowest BCUT2D eigenvalue weighted by Crippen LogP contribution is -2.31. The number of nitro benzene ring substituents is 1. The molecule has 3 N–H and O–H groups in total. The third-order valence-corrected chi connectivity index (χ3v) is 5.90. The molecular formula is C26H22N4O8. The highest BCUT2D eigenvalue weighted by Gasteiger charge is 2.35. The van der Waals surface area contributed by atoms with Gasteiger partial charge in [0.2, 0.25) is 0 Å². The Hall–Kier alpha value is -5.26. The lowest BCUT2D eigenvalue weighted by Gasteiger charge is -2.14. The van der Waals surface area contributed by atoms with Crippen LogP contribution in [-0.2, 0) is 0 Å². The van der Waals surface area contributed by atoms with Gasteiger partial charge in [-0.2, -0.15) is 0 Å². The summed E-state index contributed by atoms with van der Waals surface area (Å²) >= 11 is 0. The minimum Gasteiger partial charge on any atom is -0.497 e. The SMILES string of the molecule is COc1ccc(NC(=O)c2ccc(NCCCN3C(=O)c4ccc(C(=O)O)cc4C3=O)c([N+](=O)[O-])c2)cc1. The van der Waals surface area contributed by atoms with Crippen LogP contribution >= 0.6 is 0 Å². The van der Waals surface area contributed by atoms with Crippen molar-refractivity contribution in [1.82, 2.24) is 4.90 Å². The van der Waals surface area contributed by atoms with Gasteiger partial charge in [0.05, 0.1) is 28.7 Å². The van der Waals surface area contributed by atoms with Gasteiger partial charge in [0.15, 0.2) is 0 Å². The van der Waals surface area contributed by atoms with Crippen molar-refractivity contribution in [3.8, 4) is 5.75 Å². The van der Waals surface area contributed by atoms with Gasteiger partial charge in [-0.05, 0) is 61.0 Å².